The molecular formula is C10H8ClNO. The molecule has 1 aromatic carbocycles. The summed E-state index contributed by atoms with van der Waals surface area (Å²) in [5, 5.41) is 0.664. The van der Waals surface area contributed by atoms with Gasteiger partial charge in [-0.05, 0) is 18.2 Å². The van der Waals surface area contributed by atoms with Crippen LogP contribution in [0.3, 0.4) is 0 Å². The maximum Gasteiger partial charge on any atom is 0.190 e. The molecule has 0 unspecified atom stereocenters. The van der Waals surface area contributed by atoms with Crippen LogP contribution in [-0.4, -0.2) is 0 Å². The number of furan rings is 1. The minimum Gasteiger partial charge on any atom is -0.441 e. The molecule has 0 aliphatic carbocycles. The third-order valence-corrected chi connectivity index (χ3v) is 2.10. The molecule has 0 spiro atoms. The highest BCUT2D eigenvalue weighted by Crippen LogP contribution is 2.29. The highest BCUT2D eigenvalue weighted by Gasteiger charge is 2.05. The molecule has 0 aliphatic heterocycles. The summed E-state index contributed by atoms with van der Waals surface area (Å²) in [5.74, 6) is 1.10. The summed E-state index contributed by atoms with van der Waals surface area (Å²) in [6, 6.07) is 11.0. The van der Waals surface area contributed by atoms with Gasteiger partial charge in [-0.15, -0.1) is 0 Å². The fourth-order valence-electron chi connectivity index (χ4n) is 1.16. The Morgan fingerprint density at radius 3 is 2.46 bits per heavy atom. The van der Waals surface area contributed by atoms with Crippen molar-refractivity contribution in [3.8, 4) is 11.3 Å². The van der Waals surface area contributed by atoms with Crippen molar-refractivity contribution in [2.75, 3.05) is 5.73 Å². The second-order valence-corrected chi connectivity index (χ2v) is 3.09. The zero-order valence-corrected chi connectivity index (χ0v) is 7.58. The summed E-state index contributed by atoms with van der Waals surface area (Å²) < 4.78 is 5.24. The second kappa shape index (κ2) is 3.15. The van der Waals surface area contributed by atoms with Crippen molar-refractivity contribution >= 4 is 17.5 Å². The maximum atomic E-state index is 5.97. The van der Waals surface area contributed by atoms with E-state index in [4.69, 9.17) is 21.8 Å². The van der Waals surface area contributed by atoms with Gasteiger partial charge in [-0.25, -0.2) is 0 Å². The van der Waals surface area contributed by atoms with Gasteiger partial charge in [0, 0.05) is 11.6 Å². The Balaban J connectivity index is 2.52. The number of halogens is 1. The van der Waals surface area contributed by atoms with Crippen LogP contribution in [0.25, 0.3) is 11.3 Å². The lowest BCUT2D eigenvalue weighted by Gasteiger charge is -1.98. The summed E-state index contributed by atoms with van der Waals surface area (Å²) in [6.45, 7) is 0. The lowest BCUT2D eigenvalue weighted by atomic mass is 10.2. The molecule has 0 saturated heterocycles. The molecule has 2 aromatic rings. The molecule has 1 heterocycles. The van der Waals surface area contributed by atoms with Crippen molar-refractivity contribution in [2.45, 2.75) is 0 Å². The predicted molar refractivity (Wildman–Crippen MR) is 53.6 cm³/mol. The SMILES string of the molecule is Nc1ccc(-c2ccccc2Cl)o1. The van der Waals surface area contributed by atoms with Gasteiger partial charge in [0.1, 0.15) is 5.76 Å². The molecule has 0 radical (unpaired) electrons. The van der Waals surface area contributed by atoms with Gasteiger partial charge in [0.15, 0.2) is 5.88 Å². The Bertz CT molecular complexity index is 422. The van der Waals surface area contributed by atoms with E-state index in [1.165, 1.54) is 0 Å². The normalized spacial score (nSPS) is 10.2. The van der Waals surface area contributed by atoms with Gasteiger partial charge >= 0.3 is 0 Å². The van der Waals surface area contributed by atoms with Crippen LogP contribution >= 0.6 is 11.6 Å². The number of hydrogen-bond acceptors (Lipinski definition) is 2. The van der Waals surface area contributed by atoms with E-state index in [1.54, 1.807) is 12.1 Å². The highest BCUT2D eigenvalue weighted by atomic mass is 35.5. The maximum absolute atomic E-state index is 5.97. The second-order valence-electron chi connectivity index (χ2n) is 2.68. The first kappa shape index (κ1) is 8.20. The number of hydrogen-bond donors (Lipinski definition) is 1. The third kappa shape index (κ3) is 1.53. The molecule has 2 nitrogen and oxygen atoms in total. The van der Waals surface area contributed by atoms with Gasteiger partial charge in [-0.2, -0.15) is 0 Å². The summed E-state index contributed by atoms with van der Waals surface area (Å²) in [4.78, 5) is 0. The first-order valence-electron chi connectivity index (χ1n) is 3.87. The average molecular weight is 194 g/mol. The summed E-state index contributed by atoms with van der Waals surface area (Å²) >= 11 is 5.97. The zero-order chi connectivity index (χ0) is 9.26. The molecule has 2 N–H and O–H groups in total. The minimum atomic E-state index is 0.398. The predicted octanol–water partition coefficient (Wildman–Crippen LogP) is 3.18. The van der Waals surface area contributed by atoms with E-state index in [2.05, 4.69) is 0 Å². The average Bonchev–Trinajstić information content (AvgIpc) is 2.53. The lowest BCUT2D eigenvalue weighted by Crippen LogP contribution is -1.77. The number of nitrogen functional groups attached to an aromatic ring is 1. The largest absolute Gasteiger partial charge is 0.441 e. The Morgan fingerprint density at radius 1 is 1.08 bits per heavy atom. The molecule has 2 rings (SSSR count). The molecular weight excluding hydrogens is 186 g/mol. The summed E-state index contributed by atoms with van der Waals surface area (Å²) in [5.41, 5.74) is 6.32. The highest BCUT2D eigenvalue weighted by molar-refractivity contribution is 6.33. The third-order valence-electron chi connectivity index (χ3n) is 1.77. The van der Waals surface area contributed by atoms with E-state index in [1.807, 2.05) is 24.3 Å². The quantitative estimate of drug-likeness (QED) is 0.756. The number of benzene rings is 1. The smallest absolute Gasteiger partial charge is 0.190 e. The Morgan fingerprint density at radius 2 is 1.85 bits per heavy atom. The van der Waals surface area contributed by atoms with Crippen LogP contribution in [0.5, 0.6) is 0 Å². The fraction of sp³-hybridized carbons (Fsp3) is 0. The van der Waals surface area contributed by atoms with Crippen LogP contribution in [-0.2, 0) is 0 Å². The van der Waals surface area contributed by atoms with Crippen LogP contribution in [0, 0.1) is 0 Å². The number of rotatable bonds is 1. The van der Waals surface area contributed by atoms with Crippen molar-refractivity contribution in [1.82, 2.24) is 0 Å². The van der Waals surface area contributed by atoms with E-state index in [0.29, 0.717) is 16.7 Å². The van der Waals surface area contributed by atoms with E-state index in [-0.39, 0.29) is 0 Å². The minimum absolute atomic E-state index is 0.398. The molecule has 66 valence electrons. The van der Waals surface area contributed by atoms with E-state index >= 15 is 0 Å². The molecule has 0 aliphatic rings. The van der Waals surface area contributed by atoms with Crippen LogP contribution in [0.1, 0.15) is 0 Å². The Kier molecular flexibility index (Phi) is 1.99. The van der Waals surface area contributed by atoms with Gasteiger partial charge in [-0.1, -0.05) is 23.7 Å². The molecule has 0 atom stereocenters. The summed E-state index contributed by atoms with van der Waals surface area (Å²) in [6.07, 6.45) is 0. The van der Waals surface area contributed by atoms with Crippen molar-refractivity contribution in [1.29, 1.82) is 0 Å². The number of anilines is 1. The molecule has 1 aromatic heterocycles. The Labute approximate surface area is 80.9 Å². The van der Waals surface area contributed by atoms with Gasteiger partial charge < -0.3 is 10.2 Å². The van der Waals surface area contributed by atoms with E-state index in [0.717, 1.165) is 5.56 Å². The standard InChI is InChI=1S/C10H8ClNO/c11-8-4-2-1-3-7(8)9-5-6-10(12)13-9/h1-6H,12H2. The molecule has 0 bridgehead atoms. The van der Waals surface area contributed by atoms with Gasteiger partial charge in [0.05, 0.1) is 5.02 Å². The topological polar surface area (TPSA) is 39.2 Å². The van der Waals surface area contributed by atoms with Crippen molar-refractivity contribution < 1.29 is 4.42 Å². The molecule has 0 saturated carbocycles. The van der Waals surface area contributed by atoms with E-state index in [9.17, 15) is 0 Å². The monoisotopic (exact) mass is 193 g/mol. The zero-order valence-electron chi connectivity index (χ0n) is 6.83. The molecule has 0 amide bonds. The Hall–Kier alpha value is -1.41. The number of nitrogens with two attached hydrogens (primary N) is 1. The van der Waals surface area contributed by atoms with E-state index < -0.39 is 0 Å². The fourth-order valence-corrected chi connectivity index (χ4v) is 1.39. The van der Waals surface area contributed by atoms with Crippen LogP contribution in [0.2, 0.25) is 5.02 Å². The van der Waals surface area contributed by atoms with Crippen LogP contribution < -0.4 is 5.73 Å². The lowest BCUT2D eigenvalue weighted by molar-refractivity contribution is 0.603. The molecule has 13 heavy (non-hydrogen) atoms. The first-order valence-corrected chi connectivity index (χ1v) is 4.25. The first-order chi connectivity index (χ1) is 6.27. The van der Waals surface area contributed by atoms with Gasteiger partial charge in [0.25, 0.3) is 0 Å². The van der Waals surface area contributed by atoms with Crippen molar-refractivity contribution in [2.24, 2.45) is 0 Å². The van der Waals surface area contributed by atoms with Gasteiger partial charge in [0.2, 0.25) is 0 Å². The van der Waals surface area contributed by atoms with Crippen molar-refractivity contribution in [3.63, 3.8) is 0 Å². The molecule has 3 heteroatoms. The van der Waals surface area contributed by atoms with Crippen molar-refractivity contribution in [3.05, 3.63) is 41.4 Å². The van der Waals surface area contributed by atoms with Crippen LogP contribution in [0.15, 0.2) is 40.8 Å². The van der Waals surface area contributed by atoms with Crippen LogP contribution in [0.4, 0.5) is 5.88 Å². The van der Waals surface area contributed by atoms with Gasteiger partial charge in [-0.3, -0.25) is 0 Å². The summed E-state index contributed by atoms with van der Waals surface area (Å²) in [7, 11) is 0. The molecule has 0 fully saturated rings.